The van der Waals surface area contributed by atoms with Crippen molar-refractivity contribution in [3.8, 4) is 0 Å². The molecule has 31 heavy (non-hydrogen) atoms. The van der Waals surface area contributed by atoms with Crippen LogP contribution in [0.5, 0.6) is 0 Å². The van der Waals surface area contributed by atoms with Gasteiger partial charge in [0.2, 0.25) is 5.91 Å². The number of carbonyl (C=O) groups is 1. The summed E-state index contributed by atoms with van der Waals surface area (Å²) in [4.78, 5) is 19.5. The topological polar surface area (TPSA) is 44.6 Å². The first-order valence-electron chi connectivity index (χ1n) is 11.3. The van der Waals surface area contributed by atoms with E-state index in [2.05, 4.69) is 14.9 Å². The molecule has 3 rings (SSSR count). The van der Waals surface area contributed by atoms with Gasteiger partial charge in [0, 0.05) is 58.0 Å². The SMILES string of the molecule is CN(C)CCN(CC1CCCN(Cc2ccccc2F)C1)C(=O)CCc1cnn(C)c1. The Kier molecular flexibility index (Phi) is 8.60. The molecule has 1 aliphatic heterocycles. The molecule has 170 valence electrons. The van der Waals surface area contributed by atoms with E-state index < -0.39 is 0 Å². The van der Waals surface area contributed by atoms with E-state index in [0.717, 1.165) is 63.1 Å². The summed E-state index contributed by atoms with van der Waals surface area (Å²) in [5, 5.41) is 4.19. The molecule has 1 aromatic heterocycles. The maximum absolute atomic E-state index is 14.1. The lowest BCUT2D eigenvalue weighted by Gasteiger charge is -2.36. The molecule has 0 radical (unpaired) electrons. The maximum atomic E-state index is 14.1. The van der Waals surface area contributed by atoms with Gasteiger partial charge in [0.15, 0.2) is 0 Å². The van der Waals surface area contributed by atoms with Gasteiger partial charge < -0.3 is 9.80 Å². The van der Waals surface area contributed by atoms with E-state index in [0.29, 0.717) is 18.9 Å². The van der Waals surface area contributed by atoms with Gasteiger partial charge in [0.1, 0.15) is 5.82 Å². The number of likely N-dealkylation sites (tertiary alicyclic amines) is 1. The Morgan fingerprint density at radius 3 is 2.77 bits per heavy atom. The third-order valence-corrected chi connectivity index (χ3v) is 5.99. The first-order valence-corrected chi connectivity index (χ1v) is 11.3. The van der Waals surface area contributed by atoms with Crippen LogP contribution < -0.4 is 0 Å². The number of hydrogen-bond donors (Lipinski definition) is 0. The van der Waals surface area contributed by atoms with Gasteiger partial charge in [-0.2, -0.15) is 5.10 Å². The van der Waals surface area contributed by atoms with Gasteiger partial charge in [0.05, 0.1) is 6.20 Å². The van der Waals surface area contributed by atoms with E-state index in [9.17, 15) is 9.18 Å². The minimum atomic E-state index is -0.136. The third-order valence-electron chi connectivity index (χ3n) is 5.99. The van der Waals surface area contributed by atoms with Crippen molar-refractivity contribution in [2.45, 2.75) is 32.2 Å². The van der Waals surface area contributed by atoms with Crippen LogP contribution in [0.25, 0.3) is 0 Å². The molecular weight excluding hydrogens is 393 g/mol. The predicted molar refractivity (Wildman–Crippen MR) is 121 cm³/mol. The van der Waals surface area contributed by atoms with E-state index in [1.807, 2.05) is 50.6 Å². The number of benzene rings is 1. The highest BCUT2D eigenvalue weighted by atomic mass is 19.1. The average molecular weight is 430 g/mol. The second kappa shape index (κ2) is 11.4. The summed E-state index contributed by atoms with van der Waals surface area (Å²) < 4.78 is 15.8. The Morgan fingerprint density at radius 2 is 2.06 bits per heavy atom. The molecule has 2 heterocycles. The number of likely N-dealkylation sites (N-methyl/N-ethyl adjacent to an activating group) is 1. The monoisotopic (exact) mass is 429 g/mol. The molecule has 0 saturated carbocycles. The van der Waals surface area contributed by atoms with Crippen molar-refractivity contribution in [2.24, 2.45) is 13.0 Å². The zero-order valence-electron chi connectivity index (χ0n) is 19.1. The molecule has 1 aliphatic rings. The first kappa shape index (κ1) is 23.4. The summed E-state index contributed by atoms with van der Waals surface area (Å²) in [5.41, 5.74) is 1.84. The van der Waals surface area contributed by atoms with Crippen LogP contribution in [0.2, 0.25) is 0 Å². The van der Waals surface area contributed by atoms with E-state index in [4.69, 9.17) is 0 Å². The molecule has 0 spiro atoms. The van der Waals surface area contributed by atoms with Crippen molar-refractivity contribution in [3.05, 3.63) is 53.6 Å². The molecule has 1 aromatic carbocycles. The lowest BCUT2D eigenvalue weighted by atomic mass is 9.96. The van der Waals surface area contributed by atoms with E-state index in [1.165, 1.54) is 6.07 Å². The molecule has 0 N–H and O–H groups in total. The highest BCUT2D eigenvalue weighted by molar-refractivity contribution is 5.76. The van der Waals surface area contributed by atoms with Crippen LogP contribution in [0.3, 0.4) is 0 Å². The van der Waals surface area contributed by atoms with Crippen LogP contribution in [0.4, 0.5) is 4.39 Å². The van der Waals surface area contributed by atoms with Crippen molar-refractivity contribution in [1.29, 1.82) is 0 Å². The Bertz CT molecular complexity index is 837. The van der Waals surface area contributed by atoms with Gasteiger partial charge in [-0.25, -0.2) is 4.39 Å². The molecule has 1 atom stereocenters. The Balaban J connectivity index is 1.57. The van der Waals surface area contributed by atoms with Gasteiger partial charge in [0.25, 0.3) is 0 Å². The number of hydrogen-bond acceptors (Lipinski definition) is 4. The zero-order valence-corrected chi connectivity index (χ0v) is 19.1. The molecule has 2 aromatic rings. The number of carbonyl (C=O) groups excluding carboxylic acids is 1. The summed E-state index contributed by atoms with van der Waals surface area (Å²) >= 11 is 0. The van der Waals surface area contributed by atoms with Gasteiger partial charge in [-0.3, -0.25) is 14.4 Å². The molecule has 1 fully saturated rings. The molecule has 1 saturated heterocycles. The lowest BCUT2D eigenvalue weighted by Crippen LogP contribution is -2.44. The first-order chi connectivity index (χ1) is 14.9. The minimum Gasteiger partial charge on any atom is -0.341 e. The van der Waals surface area contributed by atoms with Crippen LogP contribution in [-0.2, 0) is 24.8 Å². The van der Waals surface area contributed by atoms with E-state index >= 15 is 0 Å². The van der Waals surface area contributed by atoms with E-state index in [1.54, 1.807) is 10.7 Å². The molecule has 6 nitrogen and oxygen atoms in total. The molecule has 1 amide bonds. The summed E-state index contributed by atoms with van der Waals surface area (Å²) in [6.07, 6.45) is 7.23. The zero-order chi connectivity index (χ0) is 22.2. The summed E-state index contributed by atoms with van der Waals surface area (Å²) in [7, 11) is 5.97. The number of aryl methyl sites for hydroxylation is 2. The maximum Gasteiger partial charge on any atom is 0.222 e. The van der Waals surface area contributed by atoms with Crippen molar-refractivity contribution < 1.29 is 9.18 Å². The number of rotatable bonds is 10. The van der Waals surface area contributed by atoms with Crippen LogP contribution in [-0.4, -0.2) is 77.2 Å². The fourth-order valence-corrected chi connectivity index (χ4v) is 4.27. The molecule has 1 unspecified atom stereocenters. The second-order valence-electron chi connectivity index (χ2n) is 9.00. The van der Waals surface area contributed by atoms with Gasteiger partial charge >= 0.3 is 0 Å². The summed E-state index contributed by atoms with van der Waals surface area (Å²) in [6, 6.07) is 7.02. The summed E-state index contributed by atoms with van der Waals surface area (Å²) in [5.74, 6) is 0.491. The predicted octanol–water partition coefficient (Wildman–Crippen LogP) is 2.79. The molecule has 0 bridgehead atoms. The van der Waals surface area contributed by atoms with Crippen LogP contribution in [0, 0.1) is 11.7 Å². The standard InChI is InChI=1S/C24H36FN5O/c1-27(2)13-14-30(24(31)11-10-20-15-26-28(3)16-20)18-21-7-6-12-29(17-21)19-22-8-4-5-9-23(22)25/h4-5,8-9,15-16,21H,6-7,10-14,17-19H2,1-3H3. The molecular formula is C24H36FN5O. The van der Waals surface area contributed by atoms with E-state index in [-0.39, 0.29) is 11.7 Å². The Hall–Kier alpha value is -2.25. The number of aromatic nitrogens is 2. The van der Waals surface area contributed by atoms with Crippen molar-refractivity contribution in [2.75, 3.05) is 46.8 Å². The second-order valence-corrected chi connectivity index (χ2v) is 9.00. The minimum absolute atomic E-state index is 0.136. The quantitative estimate of drug-likeness (QED) is 0.583. The largest absolute Gasteiger partial charge is 0.341 e. The fraction of sp³-hybridized carbons (Fsp3) is 0.583. The van der Waals surface area contributed by atoms with Crippen molar-refractivity contribution >= 4 is 5.91 Å². The summed E-state index contributed by atoms with van der Waals surface area (Å²) in [6.45, 7) is 4.89. The van der Waals surface area contributed by atoms with Crippen LogP contribution in [0.1, 0.15) is 30.4 Å². The third kappa shape index (κ3) is 7.43. The van der Waals surface area contributed by atoms with Crippen molar-refractivity contribution in [1.82, 2.24) is 24.5 Å². The van der Waals surface area contributed by atoms with Crippen LogP contribution in [0.15, 0.2) is 36.7 Å². The van der Waals surface area contributed by atoms with Gasteiger partial charge in [-0.1, -0.05) is 18.2 Å². The molecule has 7 heteroatoms. The number of halogens is 1. The highest BCUT2D eigenvalue weighted by Crippen LogP contribution is 2.21. The Labute approximate surface area is 185 Å². The average Bonchev–Trinajstić information content (AvgIpc) is 3.16. The van der Waals surface area contributed by atoms with Crippen molar-refractivity contribution in [3.63, 3.8) is 0 Å². The molecule has 0 aliphatic carbocycles. The lowest BCUT2D eigenvalue weighted by molar-refractivity contribution is -0.132. The fourth-order valence-electron chi connectivity index (χ4n) is 4.27. The van der Waals surface area contributed by atoms with Gasteiger partial charge in [-0.05, 0) is 57.5 Å². The number of piperidine rings is 1. The number of nitrogens with zero attached hydrogens (tertiary/aromatic N) is 5. The smallest absolute Gasteiger partial charge is 0.222 e. The Morgan fingerprint density at radius 1 is 1.26 bits per heavy atom. The normalized spacial score (nSPS) is 17.3. The van der Waals surface area contributed by atoms with Crippen LogP contribution >= 0.6 is 0 Å². The van der Waals surface area contributed by atoms with Gasteiger partial charge in [-0.15, -0.1) is 0 Å². The number of amides is 1. The highest BCUT2D eigenvalue weighted by Gasteiger charge is 2.25.